The molecule has 2 saturated heterocycles. The molecular formula is C27H37N3O7S. The van der Waals surface area contributed by atoms with Crippen LogP contribution < -0.4 is 11.1 Å². The van der Waals surface area contributed by atoms with E-state index >= 15 is 0 Å². The van der Waals surface area contributed by atoms with Crippen molar-refractivity contribution in [3.05, 3.63) is 60.2 Å². The predicted octanol–water partition coefficient (Wildman–Crippen LogP) is 2.38. The average Bonchev–Trinajstić information content (AvgIpc) is 3.49. The summed E-state index contributed by atoms with van der Waals surface area (Å²) in [6.45, 7) is 4.58. The minimum absolute atomic E-state index is 0.000183. The van der Waals surface area contributed by atoms with E-state index < -0.39 is 34.4 Å². The predicted molar refractivity (Wildman–Crippen MR) is 142 cm³/mol. The maximum atomic E-state index is 13.5. The van der Waals surface area contributed by atoms with Gasteiger partial charge in [0.1, 0.15) is 6.10 Å². The van der Waals surface area contributed by atoms with Gasteiger partial charge in [-0.1, -0.05) is 44.2 Å². The molecule has 2 aromatic rings. The molecule has 0 spiro atoms. The van der Waals surface area contributed by atoms with E-state index in [-0.39, 0.29) is 49.1 Å². The molecule has 0 saturated carbocycles. The van der Waals surface area contributed by atoms with Crippen molar-refractivity contribution in [2.45, 2.75) is 56.1 Å². The second-order valence-corrected chi connectivity index (χ2v) is 12.2. The van der Waals surface area contributed by atoms with Crippen LogP contribution in [0.2, 0.25) is 0 Å². The smallest absolute Gasteiger partial charge is 0.407 e. The molecule has 2 aromatic carbocycles. The van der Waals surface area contributed by atoms with E-state index in [0.717, 1.165) is 12.0 Å². The topological polar surface area (TPSA) is 140 Å². The van der Waals surface area contributed by atoms with Crippen LogP contribution in [-0.2, 0) is 30.7 Å². The molecule has 2 aliphatic rings. The van der Waals surface area contributed by atoms with E-state index in [1.165, 1.54) is 28.6 Å². The summed E-state index contributed by atoms with van der Waals surface area (Å²) in [4.78, 5) is 13.0. The maximum absolute atomic E-state index is 13.5. The summed E-state index contributed by atoms with van der Waals surface area (Å²) in [7, 11) is -3.93. The number of aliphatic hydroxyl groups excluding tert-OH is 1. The van der Waals surface area contributed by atoms with Crippen molar-refractivity contribution in [1.29, 1.82) is 0 Å². The Labute approximate surface area is 224 Å². The molecule has 208 valence electrons. The molecule has 0 aliphatic carbocycles. The highest BCUT2D eigenvalue weighted by Crippen LogP contribution is 2.33. The van der Waals surface area contributed by atoms with E-state index in [2.05, 4.69) is 5.32 Å². The maximum Gasteiger partial charge on any atom is 0.407 e. The van der Waals surface area contributed by atoms with E-state index in [1.807, 2.05) is 44.2 Å². The summed E-state index contributed by atoms with van der Waals surface area (Å²) in [5.41, 5.74) is 7.07. The van der Waals surface area contributed by atoms with E-state index in [1.54, 1.807) is 0 Å². The molecule has 10 nitrogen and oxygen atoms in total. The third kappa shape index (κ3) is 7.03. The summed E-state index contributed by atoms with van der Waals surface area (Å²) >= 11 is 0. The lowest BCUT2D eigenvalue weighted by molar-refractivity contribution is -0.0907. The third-order valence-corrected chi connectivity index (χ3v) is 8.63. The Morgan fingerprint density at radius 2 is 1.84 bits per heavy atom. The molecule has 11 heteroatoms. The van der Waals surface area contributed by atoms with Crippen molar-refractivity contribution >= 4 is 21.8 Å². The van der Waals surface area contributed by atoms with Crippen LogP contribution >= 0.6 is 0 Å². The minimum atomic E-state index is -3.93. The minimum Gasteiger partial charge on any atom is -0.443 e. The van der Waals surface area contributed by atoms with Gasteiger partial charge in [-0.05, 0) is 48.6 Å². The molecule has 4 rings (SSSR count). The van der Waals surface area contributed by atoms with Gasteiger partial charge in [-0.25, -0.2) is 13.2 Å². The second-order valence-electron chi connectivity index (χ2n) is 10.3. The number of rotatable bonds is 11. The molecular weight excluding hydrogens is 510 g/mol. The van der Waals surface area contributed by atoms with Gasteiger partial charge in [0, 0.05) is 18.8 Å². The Balaban J connectivity index is 1.51. The number of amides is 1. The Morgan fingerprint density at radius 1 is 1.13 bits per heavy atom. The Hall–Kier alpha value is -2.70. The second kappa shape index (κ2) is 12.4. The first kappa shape index (κ1) is 28.3. The number of benzene rings is 2. The van der Waals surface area contributed by atoms with Crippen LogP contribution in [0.25, 0.3) is 0 Å². The molecule has 1 amide bonds. The van der Waals surface area contributed by atoms with E-state index in [9.17, 15) is 18.3 Å². The third-order valence-electron chi connectivity index (χ3n) is 6.79. The van der Waals surface area contributed by atoms with Gasteiger partial charge in [0.15, 0.2) is 6.29 Å². The molecule has 2 fully saturated rings. The van der Waals surface area contributed by atoms with Crippen LogP contribution in [-0.4, -0.2) is 74.8 Å². The number of alkyl carbamates (subject to hydrolysis) is 1. The van der Waals surface area contributed by atoms with Crippen molar-refractivity contribution in [3.8, 4) is 0 Å². The monoisotopic (exact) mass is 547 g/mol. The fourth-order valence-corrected chi connectivity index (χ4v) is 6.45. The summed E-state index contributed by atoms with van der Waals surface area (Å²) in [6.07, 6.45) is -1.69. The van der Waals surface area contributed by atoms with Gasteiger partial charge in [-0.3, -0.25) is 0 Å². The van der Waals surface area contributed by atoms with Crippen LogP contribution in [0.1, 0.15) is 25.8 Å². The van der Waals surface area contributed by atoms with E-state index in [0.29, 0.717) is 12.3 Å². The molecule has 1 unspecified atom stereocenters. The zero-order valence-corrected chi connectivity index (χ0v) is 22.5. The highest BCUT2D eigenvalue weighted by Gasteiger charge is 2.44. The molecule has 38 heavy (non-hydrogen) atoms. The first-order chi connectivity index (χ1) is 18.1. The quantitative estimate of drug-likeness (QED) is 0.364. The van der Waals surface area contributed by atoms with Gasteiger partial charge in [0.25, 0.3) is 0 Å². The van der Waals surface area contributed by atoms with Crippen molar-refractivity contribution in [3.63, 3.8) is 0 Å². The van der Waals surface area contributed by atoms with Crippen LogP contribution in [0.3, 0.4) is 0 Å². The van der Waals surface area contributed by atoms with Crippen molar-refractivity contribution < 1.29 is 32.5 Å². The van der Waals surface area contributed by atoms with Crippen LogP contribution in [0.15, 0.2) is 59.5 Å². The fourth-order valence-electron chi connectivity index (χ4n) is 4.82. The zero-order chi connectivity index (χ0) is 27.3. The van der Waals surface area contributed by atoms with E-state index in [4.69, 9.17) is 19.9 Å². The molecule has 0 radical (unpaired) electrons. The summed E-state index contributed by atoms with van der Waals surface area (Å²) in [6, 6.07) is 14.5. The zero-order valence-electron chi connectivity index (χ0n) is 21.7. The van der Waals surface area contributed by atoms with Crippen LogP contribution in [0, 0.1) is 11.8 Å². The Morgan fingerprint density at radius 3 is 2.53 bits per heavy atom. The largest absolute Gasteiger partial charge is 0.443 e. The van der Waals surface area contributed by atoms with Crippen molar-refractivity contribution in [1.82, 2.24) is 9.62 Å². The number of fused-ring (bicyclic) bond motifs is 1. The standard InChI is InChI=1S/C27H37N3O7S/c1-18(2)15-30(38(33,34)21-10-8-20(28)9-11-21)16-24(31)23(14-19-6-4-3-5-7-19)29-27(32)37-25-17-36-26-22(25)12-13-35-26/h3-11,18,22-26,31H,12-17,28H2,1-2H3,(H,29,32)/t22-,23-,24-,25?,26+/m0/s1. The van der Waals surface area contributed by atoms with Crippen LogP contribution in [0.4, 0.5) is 10.5 Å². The van der Waals surface area contributed by atoms with Gasteiger partial charge in [-0.15, -0.1) is 0 Å². The molecule has 2 heterocycles. The molecule has 2 aliphatic heterocycles. The number of sulfonamides is 1. The van der Waals surface area contributed by atoms with Gasteiger partial charge in [0.2, 0.25) is 10.0 Å². The number of hydrogen-bond acceptors (Lipinski definition) is 8. The lowest BCUT2D eigenvalue weighted by Crippen LogP contribution is -2.51. The number of hydrogen-bond donors (Lipinski definition) is 3. The van der Waals surface area contributed by atoms with Gasteiger partial charge < -0.3 is 30.4 Å². The highest BCUT2D eigenvalue weighted by molar-refractivity contribution is 7.89. The molecule has 0 bridgehead atoms. The Kier molecular flexibility index (Phi) is 9.27. The number of anilines is 1. The van der Waals surface area contributed by atoms with Gasteiger partial charge >= 0.3 is 6.09 Å². The lowest BCUT2D eigenvalue weighted by atomic mass is 10.0. The SMILES string of the molecule is CC(C)CN(C[C@H](O)[C@H](Cc1ccccc1)NC(=O)OC1CO[C@H]2OCC[C@@H]12)S(=O)(=O)c1ccc(N)cc1. The normalized spacial score (nSPS) is 22.8. The first-order valence-corrected chi connectivity index (χ1v) is 14.4. The highest BCUT2D eigenvalue weighted by atomic mass is 32.2. The average molecular weight is 548 g/mol. The number of nitrogens with two attached hydrogens (primary N) is 1. The number of ether oxygens (including phenoxy) is 3. The number of nitrogen functional groups attached to an aromatic ring is 1. The summed E-state index contributed by atoms with van der Waals surface area (Å²) in [5, 5.41) is 14.1. The number of nitrogens with zero attached hydrogens (tertiary/aromatic N) is 1. The number of carbonyl (C=O) groups is 1. The molecule has 4 N–H and O–H groups in total. The lowest BCUT2D eigenvalue weighted by Gasteiger charge is -2.31. The van der Waals surface area contributed by atoms with Crippen molar-refractivity contribution in [2.24, 2.45) is 11.8 Å². The Bertz CT molecular complexity index is 1160. The summed E-state index contributed by atoms with van der Waals surface area (Å²) in [5.74, 6) is -0.0231. The molecule has 0 aromatic heterocycles. The van der Waals surface area contributed by atoms with Gasteiger partial charge in [0.05, 0.1) is 36.2 Å². The summed E-state index contributed by atoms with van der Waals surface area (Å²) < 4.78 is 44.9. The number of aliphatic hydroxyl groups is 1. The van der Waals surface area contributed by atoms with Crippen LogP contribution in [0.5, 0.6) is 0 Å². The number of carbonyl (C=O) groups excluding carboxylic acids is 1. The first-order valence-electron chi connectivity index (χ1n) is 12.9. The number of nitrogens with one attached hydrogen (secondary N) is 1. The van der Waals surface area contributed by atoms with Gasteiger partial charge in [-0.2, -0.15) is 4.31 Å². The fraction of sp³-hybridized carbons (Fsp3) is 0.519. The van der Waals surface area contributed by atoms with Crippen molar-refractivity contribution in [2.75, 3.05) is 32.0 Å². The molecule has 5 atom stereocenters.